The number of aliphatic carboxylic acids is 1. The Morgan fingerprint density at radius 1 is 0.938 bits per heavy atom. The van der Waals surface area contributed by atoms with Gasteiger partial charge in [0.2, 0.25) is 5.91 Å². The molecule has 0 saturated heterocycles. The van der Waals surface area contributed by atoms with E-state index in [4.69, 9.17) is 9.84 Å². The minimum Gasteiger partial charge on any atom is -0.480 e. The van der Waals surface area contributed by atoms with Gasteiger partial charge in [0.15, 0.2) is 0 Å². The lowest BCUT2D eigenvalue weighted by atomic mass is 9.81. The van der Waals surface area contributed by atoms with Gasteiger partial charge in [0.1, 0.15) is 13.2 Å². The van der Waals surface area contributed by atoms with Crippen molar-refractivity contribution in [1.82, 2.24) is 10.6 Å². The number of amides is 2. The van der Waals surface area contributed by atoms with Crippen LogP contribution in [0.2, 0.25) is 0 Å². The molecule has 2 unspecified atom stereocenters. The lowest BCUT2D eigenvalue weighted by Crippen LogP contribution is -2.39. The van der Waals surface area contributed by atoms with E-state index in [9.17, 15) is 14.4 Å². The molecule has 1 saturated carbocycles. The molecule has 32 heavy (non-hydrogen) atoms. The molecule has 0 aromatic heterocycles. The summed E-state index contributed by atoms with van der Waals surface area (Å²) in [6.07, 6.45) is 2.72. The summed E-state index contributed by atoms with van der Waals surface area (Å²) in [7, 11) is 0. The van der Waals surface area contributed by atoms with Crippen LogP contribution in [0.15, 0.2) is 48.5 Å². The molecule has 0 radical (unpaired) electrons. The summed E-state index contributed by atoms with van der Waals surface area (Å²) >= 11 is 0. The van der Waals surface area contributed by atoms with E-state index in [1.54, 1.807) is 0 Å². The Kier molecular flexibility index (Phi) is 6.73. The Labute approximate surface area is 187 Å². The van der Waals surface area contributed by atoms with Gasteiger partial charge >= 0.3 is 12.1 Å². The first-order valence-electron chi connectivity index (χ1n) is 11.1. The standard InChI is InChI=1S/C25H28N2O5/c28-23(29)14-26-24(30)17-7-5-6-16(12-17)13-27-25(31)32-15-22-20-10-3-1-8-18(20)19-9-2-4-11-21(19)22/h1-4,8-11,16-17,22H,5-7,12-15H2,(H,26,30)(H,27,31)(H,28,29). The molecule has 2 amide bonds. The van der Waals surface area contributed by atoms with E-state index >= 15 is 0 Å². The predicted molar refractivity (Wildman–Crippen MR) is 119 cm³/mol. The van der Waals surface area contributed by atoms with Gasteiger partial charge in [-0.1, -0.05) is 55.0 Å². The first-order chi connectivity index (χ1) is 15.5. The third-order valence-corrected chi connectivity index (χ3v) is 6.45. The van der Waals surface area contributed by atoms with Crippen LogP contribution in [0.3, 0.4) is 0 Å². The summed E-state index contributed by atoms with van der Waals surface area (Å²) in [5, 5.41) is 14.0. The van der Waals surface area contributed by atoms with Crippen LogP contribution in [0.4, 0.5) is 4.79 Å². The lowest BCUT2D eigenvalue weighted by Gasteiger charge is -2.28. The van der Waals surface area contributed by atoms with Crippen LogP contribution in [0.1, 0.15) is 42.7 Å². The van der Waals surface area contributed by atoms with Crippen LogP contribution < -0.4 is 10.6 Å². The van der Waals surface area contributed by atoms with E-state index in [2.05, 4.69) is 34.9 Å². The van der Waals surface area contributed by atoms with Crippen molar-refractivity contribution in [3.05, 3.63) is 59.7 Å². The maximum atomic E-state index is 12.4. The molecule has 7 heteroatoms. The molecule has 1 fully saturated rings. The van der Waals surface area contributed by atoms with Gasteiger partial charge in [-0.25, -0.2) is 4.79 Å². The maximum Gasteiger partial charge on any atom is 0.407 e. The number of hydrogen-bond donors (Lipinski definition) is 3. The van der Waals surface area contributed by atoms with Crippen LogP contribution in [0.5, 0.6) is 0 Å². The molecule has 2 atom stereocenters. The van der Waals surface area contributed by atoms with Crippen LogP contribution in [-0.2, 0) is 14.3 Å². The second-order valence-corrected chi connectivity index (χ2v) is 8.55. The summed E-state index contributed by atoms with van der Waals surface area (Å²) in [6, 6.07) is 16.4. The summed E-state index contributed by atoms with van der Waals surface area (Å²) in [4.78, 5) is 35.2. The molecule has 0 spiro atoms. The van der Waals surface area contributed by atoms with Gasteiger partial charge in [-0.3, -0.25) is 9.59 Å². The third kappa shape index (κ3) is 4.93. The molecule has 2 aromatic rings. The molecule has 3 N–H and O–H groups in total. The smallest absolute Gasteiger partial charge is 0.407 e. The Balaban J connectivity index is 1.27. The Morgan fingerprint density at radius 2 is 1.59 bits per heavy atom. The van der Waals surface area contributed by atoms with Gasteiger partial charge in [0.05, 0.1) is 0 Å². The van der Waals surface area contributed by atoms with Crippen molar-refractivity contribution in [1.29, 1.82) is 0 Å². The molecule has 0 aliphatic heterocycles. The van der Waals surface area contributed by atoms with Gasteiger partial charge in [-0.15, -0.1) is 0 Å². The van der Waals surface area contributed by atoms with Crippen molar-refractivity contribution in [3.8, 4) is 11.1 Å². The number of nitrogens with one attached hydrogen (secondary N) is 2. The van der Waals surface area contributed by atoms with E-state index in [1.165, 1.54) is 22.3 Å². The van der Waals surface area contributed by atoms with E-state index in [0.717, 1.165) is 19.3 Å². The number of carbonyl (C=O) groups is 3. The SMILES string of the molecule is O=C(O)CNC(=O)C1CCCC(CNC(=O)OCC2c3ccccc3-c3ccccc32)C1. The number of rotatable bonds is 7. The second-order valence-electron chi connectivity index (χ2n) is 8.55. The first-order valence-corrected chi connectivity index (χ1v) is 11.1. The minimum atomic E-state index is -1.05. The number of carboxylic acids is 1. The minimum absolute atomic E-state index is 0.0187. The second kappa shape index (κ2) is 9.85. The fourth-order valence-electron chi connectivity index (χ4n) is 4.90. The zero-order chi connectivity index (χ0) is 22.5. The Morgan fingerprint density at radius 3 is 2.25 bits per heavy atom. The van der Waals surface area contributed by atoms with E-state index in [0.29, 0.717) is 13.0 Å². The number of hydrogen-bond acceptors (Lipinski definition) is 4. The molecular weight excluding hydrogens is 408 g/mol. The van der Waals surface area contributed by atoms with Crippen LogP contribution in [-0.4, -0.2) is 42.8 Å². The fraction of sp³-hybridized carbons (Fsp3) is 0.400. The number of benzene rings is 2. The van der Waals surface area contributed by atoms with E-state index in [-0.39, 0.29) is 36.8 Å². The van der Waals surface area contributed by atoms with E-state index in [1.807, 2.05) is 24.3 Å². The monoisotopic (exact) mass is 436 g/mol. The van der Waals surface area contributed by atoms with Crippen LogP contribution in [0, 0.1) is 11.8 Å². The summed E-state index contributed by atoms with van der Waals surface area (Å²) < 4.78 is 5.58. The van der Waals surface area contributed by atoms with Crippen molar-refractivity contribution in [2.75, 3.05) is 19.7 Å². The number of carbonyl (C=O) groups excluding carboxylic acids is 2. The highest BCUT2D eigenvalue weighted by molar-refractivity contribution is 5.83. The van der Waals surface area contributed by atoms with Crippen molar-refractivity contribution in [2.45, 2.75) is 31.6 Å². The molecule has 0 heterocycles. The Bertz CT molecular complexity index is 960. The molecule has 2 aliphatic rings. The highest BCUT2D eigenvalue weighted by Gasteiger charge is 2.30. The highest BCUT2D eigenvalue weighted by Crippen LogP contribution is 2.44. The highest BCUT2D eigenvalue weighted by atomic mass is 16.5. The number of ether oxygens (including phenoxy) is 1. The zero-order valence-electron chi connectivity index (χ0n) is 17.9. The molecular formula is C25H28N2O5. The molecule has 4 rings (SSSR count). The summed E-state index contributed by atoms with van der Waals surface area (Å²) in [5.41, 5.74) is 4.71. The predicted octanol–water partition coefficient (Wildman–Crippen LogP) is 3.53. The average Bonchev–Trinajstić information content (AvgIpc) is 3.14. The normalized spacial score (nSPS) is 19.5. The van der Waals surface area contributed by atoms with E-state index < -0.39 is 12.1 Å². The van der Waals surface area contributed by atoms with Crippen molar-refractivity contribution in [2.24, 2.45) is 11.8 Å². The zero-order valence-corrected chi connectivity index (χ0v) is 17.9. The molecule has 2 aromatic carbocycles. The van der Waals surface area contributed by atoms with Gasteiger partial charge < -0.3 is 20.5 Å². The quantitative estimate of drug-likeness (QED) is 0.616. The van der Waals surface area contributed by atoms with Crippen molar-refractivity contribution >= 4 is 18.0 Å². The fourth-order valence-corrected chi connectivity index (χ4v) is 4.90. The van der Waals surface area contributed by atoms with Gasteiger partial charge in [0, 0.05) is 18.4 Å². The number of alkyl carbamates (subject to hydrolysis) is 1. The maximum absolute atomic E-state index is 12.4. The largest absolute Gasteiger partial charge is 0.480 e. The number of carboxylic acid groups (broad SMARTS) is 1. The van der Waals surface area contributed by atoms with Gasteiger partial charge in [0.25, 0.3) is 0 Å². The first kappa shape index (κ1) is 21.9. The average molecular weight is 437 g/mol. The van der Waals surface area contributed by atoms with Crippen LogP contribution >= 0.6 is 0 Å². The van der Waals surface area contributed by atoms with Gasteiger partial charge in [-0.2, -0.15) is 0 Å². The van der Waals surface area contributed by atoms with Gasteiger partial charge in [-0.05, 0) is 47.4 Å². The summed E-state index contributed by atoms with van der Waals surface area (Å²) in [5.74, 6) is -1.30. The molecule has 0 bridgehead atoms. The van der Waals surface area contributed by atoms with Crippen molar-refractivity contribution < 1.29 is 24.2 Å². The molecule has 168 valence electrons. The molecule has 7 nitrogen and oxygen atoms in total. The third-order valence-electron chi connectivity index (χ3n) is 6.45. The van der Waals surface area contributed by atoms with Crippen molar-refractivity contribution in [3.63, 3.8) is 0 Å². The Hall–Kier alpha value is -3.35. The topological polar surface area (TPSA) is 105 Å². The molecule has 2 aliphatic carbocycles. The summed E-state index contributed by atoms with van der Waals surface area (Å²) in [6.45, 7) is 0.349. The number of fused-ring (bicyclic) bond motifs is 3. The lowest BCUT2D eigenvalue weighted by molar-refractivity contribution is -0.138. The van der Waals surface area contributed by atoms with Crippen LogP contribution in [0.25, 0.3) is 11.1 Å².